The standard InChI is InChI=1S/C20H17NO4S/c22-20(21-15-16-8-3-1-4-9-16)17-10-7-11-18(14-17)25-26(23,24)19-12-5-2-6-13-19/h1-14H,15H2,(H,21,22). The van der Waals surface area contributed by atoms with E-state index < -0.39 is 10.1 Å². The van der Waals surface area contributed by atoms with Crippen LogP contribution in [0.5, 0.6) is 5.75 Å². The molecular formula is C20H17NO4S. The molecule has 1 N–H and O–H groups in total. The Balaban J connectivity index is 1.71. The zero-order valence-corrected chi connectivity index (χ0v) is 14.6. The van der Waals surface area contributed by atoms with Gasteiger partial charge in [-0.05, 0) is 35.9 Å². The molecule has 0 bridgehead atoms. The highest BCUT2D eigenvalue weighted by molar-refractivity contribution is 7.87. The van der Waals surface area contributed by atoms with Gasteiger partial charge in [-0.2, -0.15) is 8.42 Å². The second kappa shape index (κ2) is 7.84. The van der Waals surface area contributed by atoms with Crippen LogP contribution in [0, 0.1) is 0 Å². The summed E-state index contributed by atoms with van der Waals surface area (Å²) in [5.41, 5.74) is 1.29. The van der Waals surface area contributed by atoms with Gasteiger partial charge in [-0.3, -0.25) is 4.79 Å². The number of carbonyl (C=O) groups is 1. The number of hydrogen-bond donors (Lipinski definition) is 1. The van der Waals surface area contributed by atoms with Crippen LogP contribution >= 0.6 is 0 Å². The molecule has 0 unspecified atom stereocenters. The monoisotopic (exact) mass is 367 g/mol. The lowest BCUT2D eigenvalue weighted by molar-refractivity contribution is 0.0950. The zero-order valence-electron chi connectivity index (χ0n) is 13.8. The molecule has 0 atom stereocenters. The van der Waals surface area contributed by atoms with Crippen LogP contribution in [0.2, 0.25) is 0 Å². The Morgan fingerprint density at radius 3 is 2.19 bits per heavy atom. The lowest BCUT2D eigenvalue weighted by atomic mass is 10.2. The highest BCUT2D eigenvalue weighted by Gasteiger charge is 2.17. The molecule has 0 aliphatic rings. The van der Waals surface area contributed by atoms with Crippen molar-refractivity contribution < 1.29 is 17.4 Å². The van der Waals surface area contributed by atoms with Gasteiger partial charge >= 0.3 is 10.1 Å². The molecule has 26 heavy (non-hydrogen) atoms. The van der Waals surface area contributed by atoms with E-state index in [0.29, 0.717) is 12.1 Å². The largest absolute Gasteiger partial charge is 0.379 e. The quantitative estimate of drug-likeness (QED) is 0.678. The first-order valence-corrected chi connectivity index (χ1v) is 9.37. The van der Waals surface area contributed by atoms with Gasteiger partial charge in [0.1, 0.15) is 10.6 Å². The van der Waals surface area contributed by atoms with Gasteiger partial charge in [-0.25, -0.2) is 0 Å². The third-order valence-corrected chi connectivity index (χ3v) is 4.89. The van der Waals surface area contributed by atoms with Gasteiger partial charge in [0.05, 0.1) is 0 Å². The molecule has 1 amide bonds. The summed E-state index contributed by atoms with van der Waals surface area (Å²) in [6.07, 6.45) is 0. The SMILES string of the molecule is O=C(NCc1ccccc1)c1cccc(OS(=O)(=O)c2ccccc2)c1. The van der Waals surface area contributed by atoms with Crippen LogP contribution in [-0.4, -0.2) is 14.3 Å². The number of carbonyl (C=O) groups excluding carboxylic acids is 1. The topological polar surface area (TPSA) is 72.5 Å². The number of rotatable bonds is 6. The summed E-state index contributed by atoms with van der Waals surface area (Å²) >= 11 is 0. The van der Waals surface area contributed by atoms with Crippen molar-refractivity contribution in [3.8, 4) is 5.75 Å². The van der Waals surface area contributed by atoms with Gasteiger partial charge in [0.2, 0.25) is 0 Å². The fraction of sp³-hybridized carbons (Fsp3) is 0.0500. The molecular weight excluding hydrogens is 350 g/mol. The third kappa shape index (κ3) is 4.49. The molecule has 0 heterocycles. The fourth-order valence-electron chi connectivity index (χ4n) is 2.33. The summed E-state index contributed by atoms with van der Waals surface area (Å²) in [6.45, 7) is 0.382. The molecule has 6 heteroatoms. The van der Waals surface area contributed by atoms with Crippen molar-refractivity contribution in [2.45, 2.75) is 11.4 Å². The molecule has 0 radical (unpaired) electrons. The van der Waals surface area contributed by atoms with Crippen molar-refractivity contribution in [3.63, 3.8) is 0 Å². The molecule has 3 rings (SSSR count). The van der Waals surface area contributed by atoms with E-state index in [9.17, 15) is 13.2 Å². The molecule has 3 aromatic carbocycles. The van der Waals surface area contributed by atoms with Crippen LogP contribution in [0.25, 0.3) is 0 Å². The fourth-order valence-corrected chi connectivity index (χ4v) is 3.28. The second-order valence-electron chi connectivity index (χ2n) is 5.55. The van der Waals surface area contributed by atoms with Crippen molar-refractivity contribution >= 4 is 16.0 Å². The van der Waals surface area contributed by atoms with Gasteiger partial charge in [-0.1, -0.05) is 54.6 Å². The normalized spacial score (nSPS) is 10.9. The van der Waals surface area contributed by atoms with E-state index >= 15 is 0 Å². The molecule has 0 spiro atoms. The minimum Gasteiger partial charge on any atom is -0.379 e. The predicted molar refractivity (Wildman–Crippen MR) is 98.3 cm³/mol. The van der Waals surface area contributed by atoms with Crippen LogP contribution < -0.4 is 9.50 Å². The second-order valence-corrected chi connectivity index (χ2v) is 7.09. The average Bonchev–Trinajstić information content (AvgIpc) is 2.67. The summed E-state index contributed by atoms with van der Waals surface area (Å²) < 4.78 is 29.7. The van der Waals surface area contributed by atoms with Crippen LogP contribution in [0.3, 0.4) is 0 Å². The van der Waals surface area contributed by atoms with Gasteiger partial charge in [0.25, 0.3) is 5.91 Å². The van der Waals surface area contributed by atoms with Gasteiger partial charge in [-0.15, -0.1) is 0 Å². The molecule has 0 fully saturated rings. The van der Waals surface area contributed by atoms with Crippen molar-refractivity contribution in [3.05, 3.63) is 96.1 Å². The smallest absolute Gasteiger partial charge is 0.339 e. The van der Waals surface area contributed by atoms with Crippen molar-refractivity contribution in [2.24, 2.45) is 0 Å². The molecule has 0 aromatic heterocycles. The van der Waals surface area contributed by atoms with Gasteiger partial charge in [0.15, 0.2) is 0 Å². The van der Waals surface area contributed by atoms with Crippen LogP contribution in [-0.2, 0) is 16.7 Å². The van der Waals surface area contributed by atoms with E-state index in [0.717, 1.165) is 5.56 Å². The molecule has 0 saturated heterocycles. The Labute approximate surface area is 152 Å². The van der Waals surface area contributed by atoms with E-state index in [1.54, 1.807) is 30.3 Å². The van der Waals surface area contributed by atoms with Crippen molar-refractivity contribution in [2.75, 3.05) is 0 Å². The van der Waals surface area contributed by atoms with Crippen LogP contribution in [0.1, 0.15) is 15.9 Å². The van der Waals surface area contributed by atoms with E-state index in [-0.39, 0.29) is 16.6 Å². The molecule has 132 valence electrons. The zero-order chi connectivity index (χ0) is 18.4. The molecule has 3 aromatic rings. The summed E-state index contributed by atoms with van der Waals surface area (Å²) in [7, 11) is -3.94. The molecule has 0 aliphatic heterocycles. The van der Waals surface area contributed by atoms with Gasteiger partial charge < -0.3 is 9.50 Å². The van der Waals surface area contributed by atoms with Gasteiger partial charge in [0, 0.05) is 12.1 Å². The number of amides is 1. The highest BCUT2D eigenvalue weighted by Crippen LogP contribution is 2.19. The third-order valence-electron chi connectivity index (χ3n) is 3.63. The maximum absolute atomic E-state index is 12.3. The Morgan fingerprint density at radius 1 is 0.846 bits per heavy atom. The van der Waals surface area contributed by atoms with Crippen LogP contribution in [0.4, 0.5) is 0 Å². The Kier molecular flexibility index (Phi) is 5.34. The summed E-state index contributed by atoms with van der Waals surface area (Å²) in [4.78, 5) is 12.3. The molecule has 0 aliphatic carbocycles. The minimum atomic E-state index is -3.94. The predicted octanol–water partition coefficient (Wildman–Crippen LogP) is 3.38. The minimum absolute atomic E-state index is 0.0546. The average molecular weight is 367 g/mol. The van der Waals surface area contributed by atoms with E-state index in [2.05, 4.69) is 5.32 Å². The molecule has 5 nitrogen and oxygen atoms in total. The Bertz CT molecular complexity index is 987. The first kappa shape index (κ1) is 17.7. The summed E-state index contributed by atoms with van der Waals surface area (Å²) in [5, 5.41) is 2.79. The lowest BCUT2D eigenvalue weighted by Gasteiger charge is -2.09. The highest BCUT2D eigenvalue weighted by atomic mass is 32.2. The van der Waals surface area contributed by atoms with Crippen LogP contribution in [0.15, 0.2) is 89.8 Å². The summed E-state index contributed by atoms with van der Waals surface area (Å²) in [5.74, 6) is -0.224. The maximum atomic E-state index is 12.3. The number of hydrogen-bond acceptors (Lipinski definition) is 4. The Hall–Kier alpha value is -3.12. The number of nitrogens with one attached hydrogen (secondary N) is 1. The van der Waals surface area contributed by atoms with E-state index in [4.69, 9.17) is 4.18 Å². The Morgan fingerprint density at radius 2 is 1.50 bits per heavy atom. The molecule has 0 saturated carbocycles. The van der Waals surface area contributed by atoms with E-state index in [1.807, 2.05) is 30.3 Å². The first-order valence-electron chi connectivity index (χ1n) is 7.96. The van der Waals surface area contributed by atoms with Crippen molar-refractivity contribution in [1.29, 1.82) is 0 Å². The maximum Gasteiger partial charge on any atom is 0.339 e. The lowest BCUT2D eigenvalue weighted by Crippen LogP contribution is -2.22. The first-order chi connectivity index (χ1) is 12.5. The van der Waals surface area contributed by atoms with E-state index in [1.165, 1.54) is 24.3 Å². The van der Waals surface area contributed by atoms with Crippen molar-refractivity contribution in [1.82, 2.24) is 5.32 Å². The number of benzene rings is 3. The summed E-state index contributed by atoms with van der Waals surface area (Å²) in [6, 6.07) is 23.4.